The molecule has 3 aromatic carbocycles. The smallest absolute Gasteiger partial charge is 0.408 e. The first-order chi connectivity index (χ1) is 15.0. The van der Waals surface area contributed by atoms with E-state index in [1.165, 1.54) is 22.3 Å². The highest BCUT2D eigenvalue weighted by atomic mass is 16.6. The molecule has 0 aliphatic heterocycles. The van der Waals surface area contributed by atoms with Crippen molar-refractivity contribution in [1.29, 1.82) is 0 Å². The minimum Gasteiger partial charge on any atom is -0.444 e. The molecular formula is C29H35NO2. The molecule has 1 atom stereocenters. The normalized spacial score (nSPS) is 12.4. The minimum absolute atomic E-state index is 0.237. The van der Waals surface area contributed by atoms with Gasteiger partial charge in [0.1, 0.15) is 5.60 Å². The number of benzene rings is 3. The molecule has 168 valence electrons. The van der Waals surface area contributed by atoms with Gasteiger partial charge in [-0.05, 0) is 105 Å². The molecule has 0 saturated heterocycles. The van der Waals surface area contributed by atoms with E-state index in [0.29, 0.717) is 0 Å². The lowest BCUT2D eigenvalue weighted by molar-refractivity contribution is 0.0508. The van der Waals surface area contributed by atoms with Crippen LogP contribution in [0.5, 0.6) is 0 Å². The third-order valence-corrected chi connectivity index (χ3v) is 5.91. The van der Waals surface area contributed by atoms with Crippen LogP contribution in [0.15, 0.2) is 54.6 Å². The van der Waals surface area contributed by atoms with Gasteiger partial charge < -0.3 is 10.1 Å². The van der Waals surface area contributed by atoms with E-state index in [2.05, 4.69) is 87.6 Å². The Morgan fingerprint density at radius 1 is 0.781 bits per heavy atom. The Balaban J connectivity index is 2.16. The minimum atomic E-state index is -0.547. The van der Waals surface area contributed by atoms with Gasteiger partial charge in [0, 0.05) is 0 Å². The molecule has 1 unspecified atom stereocenters. The molecule has 3 aromatic rings. The third kappa shape index (κ3) is 5.40. The molecule has 0 aliphatic carbocycles. The summed E-state index contributed by atoms with van der Waals surface area (Å²) in [6, 6.07) is 19.2. The fraction of sp³-hybridized carbons (Fsp3) is 0.345. The highest BCUT2D eigenvalue weighted by Gasteiger charge is 2.23. The number of ether oxygens (including phenoxy) is 1. The van der Waals surface area contributed by atoms with Crippen LogP contribution in [0.3, 0.4) is 0 Å². The van der Waals surface area contributed by atoms with E-state index in [0.717, 1.165) is 27.8 Å². The van der Waals surface area contributed by atoms with Crippen LogP contribution in [0.1, 0.15) is 61.6 Å². The number of amides is 1. The summed E-state index contributed by atoms with van der Waals surface area (Å²) >= 11 is 0. The van der Waals surface area contributed by atoms with Crippen LogP contribution >= 0.6 is 0 Å². The molecule has 0 aromatic heterocycles. The molecule has 0 saturated carbocycles. The van der Waals surface area contributed by atoms with Gasteiger partial charge in [0.05, 0.1) is 6.04 Å². The van der Waals surface area contributed by atoms with Crippen molar-refractivity contribution in [2.75, 3.05) is 0 Å². The lowest BCUT2D eigenvalue weighted by Gasteiger charge is -2.25. The number of aryl methyl sites for hydroxylation is 4. The number of hydrogen-bond acceptors (Lipinski definition) is 2. The Morgan fingerprint density at radius 3 is 1.66 bits per heavy atom. The molecule has 3 heteroatoms. The summed E-state index contributed by atoms with van der Waals surface area (Å²) in [6.45, 7) is 16.2. The molecule has 0 fully saturated rings. The van der Waals surface area contributed by atoms with E-state index in [-0.39, 0.29) is 6.04 Å². The van der Waals surface area contributed by atoms with Gasteiger partial charge in [-0.15, -0.1) is 0 Å². The molecule has 1 N–H and O–H groups in total. The van der Waals surface area contributed by atoms with Crippen LogP contribution in [-0.2, 0) is 4.74 Å². The molecule has 0 spiro atoms. The fourth-order valence-electron chi connectivity index (χ4n) is 3.91. The third-order valence-electron chi connectivity index (χ3n) is 5.91. The first kappa shape index (κ1) is 23.6. The van der Waals surface area contributed by atoms with Crippen molar-refractivity contribution in [3.8, 4) is 22.3 Å². The van der Waals surface area contributed by atoms with Crippen LogP contribution in [0.2, 0.25) is 0 Å². The topological polar surface area (TPSA) is 38.3 Å². The zero-order chi connectivity index (χ0) is 23.6. The second-order valence-electron chi connectivity index (χ2n) is 9.73. The van der Waals surface area contributed by atoms with Crippen molar-refractivity contribution in [2.45, 2.75) is 67.0 Å². The predicted molar refractivity (Wildman–Crippen MR) is 134 cm³/mol. The quantitative estimate of drug-likeness (QED) is 0.459. The maximum atomic E-state index is 12.6. The van der Waals surface area contributed by atoms with Crippen LogP contribution in [0.25, 0.3) is 22.3 Å². The van der Waals surface area contributed by atoms with Crippen molar-refractivity contribution in [1.82, 2.24) is 5.32 Å². The Bertz CT molecular complexity index is 1070. The summed E-state index contributed by atoms with van der Waals surface area (Å²) in [7, 11) is 0. The van der Waals surface area contributed by atoms with Crippen LogP contribution in [0.4, 0.5) is 4.79 Å². The van der Waals surface area contributed by atoms with Gasteiger partial charge in [0.2, 0.25) is 0 Å². The van der Waals surface area contributed by atoms with Crippen molar-refractivity contribution < 1.29 is 9.53 Å². The van der Waals surface area contributed by atoms with Crippen LogP contribution in [0, 0.1) is 27.7 Å². The summed E-state index contributed by atoms with van der Waals surface area (Å²) in [5.74, 6) is 0. The molecule has 3 rings (SSSR count). The van der Waals surface area contributed by atoms with Gasteiger partial charge >= 0.3 is 6.09 Å². The van der Waals surface area contributed by atoms with Gasteiger partial charge in [-0.2, -0.15) is 0 Å². The zero-order valence-electron chi connectivity index (χ0n) is 20.6. The molecule has 0 radical (unpaired) electrons. The Morgan fingerprint density at radius 2 is 1.25 bits per heavy atom. The largest absolute Gasteiger partial charge is 0.444 e. The maximum Gasteiger partial charge on any atom is 0.408 e. The van der Waals surface area contributed by atoms with Crippen LogP contribution < -0.4 is 5.32 Å². The van der Waals surface area contributed by atoms with Gasteiger partial charge in [-0.1, -0.05) is 54.6 Å². The lowest BCUT2D eigenvalue weighted by atomic mass is 9.86. The molecular weight excluding hydrogens is 394 g/mol. The van der Waals surface area contributed by atoms with E-state index < -0.39 is 11.7 Å². The first-order valence-electron chi connectivity index (χ1n) is 11.2. The van der Waals surface area contributed by atoms with E-state index in [1.54, 1.807) is 0 Å². The molecule has 3 nitrogen and oxygen atoms in total. The fourth-order valence-corrected chi connectivity index (χ4v) is 3.91. The average Bonchev–Trinajstić information content (AvgIpc) is 2.70. The average molecular weight is 430 g/mol. The zero-order valence-corrected chi connectivity index (χ0v) is 20.6. The van der Waals surface area contributed by atoms with Gasteiger partial charge in [-0.3, -0.25) is 0 Å². The van der Waals surface area contributed by atoms with Crippen molar-refractivity contribution in [3.05, 3.63) is 82.4 Å². The number of nitrogens with one attached hydrogen (secondary N) is 1. The number of carbonyl (C=O) groups is 1. The number of hydrogen-bond donors (Lipinski definition) is 1. The molecule has 32 heavy (non-hydrogen) atoms. The lowest BCUT2D eigenvalue weighted by Crippen LogP contribution is -2.34. The number of carbonyl (C=O) groups excluding carboxylic acids is 1. The number of rotatable bonds is 4. The second-order valence-corrected chi connectivity index (χ2v) is 9.73. The monoisotopic (exact) mass is 429 g/mol. The molecule has 1 amide bonds. The van der Waals surface area contributed by atoms with Crippen LogP contribution in [-0.4, -0.2) is 11.7 Å². The van der Waals surface area contributed by atoms with Crippen molar-refractivity contribution in [3.63, 3.8) is 0 Å². The van der Waals surface area contributed by atoms with E-state index in [1.807, 2.05) is 27.7 Å². The Labute approximate surface area is 192 Å². The summed E-state index contributed by atoms with van der Waals surface area (Å²) in [6.07, 6.45) is -0.411. The van der Waals surface area contributed by atoms with E-state index in [9.17, 15) is 4.79 Å². The van der Waals surface area contributed by atoms with Crippen molar-refractivity contribution in [2.24, 2.45) is 0 Å². The Hall–Kier alpha value is -3.07. The number of alkyl carbamates (subject to hydrolysis) is 1. The van der Waals surface area contributed by atoms with Gasteiger partial charge in [0.25, 0.3) is 0 Å². The highest BCUT2D eigenvalue weighted by molar-refractivity contribution is 5.81. The summed E-state index contributed by atoms with van der Waals surface area (Å²) in [5, 5.41) is 3.06. The van der Waals surface area contributed by atoms with Crippen molar-refractivity contribution >= 4 is 6.09 Å². The summed E-state index contributed by atoms with van der Waals surface area (Å²) in [4.78, 5) is 12.6. The molecule has 0 heterocycles. The van der Waals surface area contributed by atoms with E-state index >= 15 is 0 Å². The highest BCUT2D eigenvalue weighted by Crippen LogP contribution is 2.37. The second kappa shape index (κ2) is 9.20. The SMILES string of the molecule is Cc1ccc(-c2cccc(-c3ccc(C)c(C)c3)c2C(C)NC(=O)OC(C)(C)C)cc1C. The summed E-state index contributed by atoms with van der Waals surface area (Å²) < 4.78 is 5.54. The van der Waals surface area contributed by atoms with E-state index in [4.69, 9.17) is 4.74 Å². The van der Waals surface area contributed by atoms with Gasteiger partial charge in [-0.25, -0.2) is 4.79 Å². The Kier molecular flexibility index (Phi) is 6.78. The predicted octanol–water partition coefficient (Wildman–Crippen LogP) is 7.84. The first-order valence-corrected chi connectivity index (χ1v) is 11.2. The summed E-state index contributed by atoms with van der Waals surface area (Å²) in [5.41, 5.74) is 10.1. The maximum absolute atomic E-state index is 12.6. The molecule has 0 aliphatic rings. The van der Waals surface area contributed by atoms with Gasteiger partial charge in [0.15, 0.2) is 0 Å². The standard InChI is InChI=1S/C29H35NO2/c1-18-12-14-23(16-20(18)3)25-10-9-11-26(24-15-13-19(2)21(4)17-24)27(25)22(5)30-28(31)32-29(6,7)8/h9-17,22H,1-8H3,(H,30,31). The molecule has 0 bridgehead atoms.